The van der Waals surface area contributed by atoms with E-state index in [0.717, 1.165) is 0 Å². The van der Waals surface area contributed by atoms with Crippen molar-refractivity contribution in [3.8, 4) is 0 Å². The second-order valence-electron chi connectivity index (χ2n) is 1.50. The molecule has 0 aliphatic carbocycles. The molecule has 8 heavy (non-hydrogen) atoms. The van der Waals surface area contributed by atoms with E-state index < -0.39 is 7.74 Å². The Morgan fingerprint density at radius 2 is 1.38 bits per heavy atom. The van der Waals surface area contributed by atoms with Crippen molar-refractivity contribution in [1.29, 1.82) is 0 Å². The number of hydrogen-bond donors (Lipinski definition) is 3. The van der Waals surface area contributed by atoms with Crippen LogP contribution in [0.5, 0.6) is 0 Å². The number of hydrogen-bond acceptors (Lipinski definition) is 5. The van der Waals surface area contributed by atoms with Crippen molar-refractivity contribution in [3.63, 3.8) is 0 Å². The first-order chi connectivity index (χ1) is 3.47. The zero-order valence-corrected chi connectivity index (χ0v) is 4.91. The van der Waals surface area contributed by atoms with Crippen LogP contribution < -0.4 is 0 Å². The van der Waals surface area contributed by atoms with Gasteiger partial charge in [-0.3, -0.25) is 0 Å². The Hall–Kier alpha value is 0.230. The minimum absolute atomic E-state index is 0.0291. The fraction of sp³-hybridized carbons (Fsp3) is 1.00. The SMILES string of the molecule is OP1(O)(O)OCCO1. The van der Waals surface area contributed by atoms with Gasteiger partial charge in [-0.2, -0.15) is 0 Å². The number of rotatable bonds is 0. The third-order valence-electron chi connectivity index (χ3n) is 0.718. The zero-order valence-electron chi connectivity index (χ0n) is 4.02. The Bertz CT molecular complexity index is 92.7. The van der Waals surface area contributed by atoms with Crippen LogP contribution in [-0.2, 0) is 9.05 Å². The van der Waals surface area contributed by atoms with Gasteiger partial charge in [-0.1, -0.05) is 0 Å². The van der Waals surface area contributed by atoms with Gasteiger partial charge in [0.25, 0.3) is 0 Å². The summed E-state index contributed by atoms with van der Waals surface area (Å²) in [6.07, 6.45) is 0. The zero-order chi connectivity index (χ0) is 6.28. The Morgan fingerprint density at radius 3 is 1.50 bits per heavy atom. The third-order valence-corrected chi connectivity index (χ3v) is 1.99. The van der Waals surface area contributed by atoms with Crippen molar-refractivity contribution in [1.82, 2.24) is 0 Å². The van der Waals surface area contributed by atoms with Crippen LogP contribution in [0.15, 0.2) is 0 Å². The third kappa shape index (κ3) is 1.35. The molecule has 0 spiro atoms. The predicted octanol–water partition coefficient (Wildman–Crippen LogP) is -0.862. The molecule has 0 aromatic carbocycles. The summed E-state index contributed by atoms with van der Waals surface area (Å²) in [5, 5.41) is 0. The quantitative estimate of drug-likeness (QED) is 0.383. The molecule has 1 rings (SSSR count). The van der Waals surface area contributed by atoms with Crippen LogP contribution >= 0.6 is 7.74 Å². The van der Waals surface area contributed by atoms with Gasteiger partial charge in [0.15, 0.2) is 0 Å². The van der Waals surface area contributed by atoms with E-state index in [4.69, 9.17) is 14.7 Å². The Balaban J connectivity index is 2.67. The van der Waals surface area contributed by atoms with Crippen LogP contribution in [-0.4, -0.2) is 27.9 Å². The van der Waals surface area contributed by atoms with Gasteiger partial charge in [0.05, 0.1) is 0 Å². The summed E-state index contributed by atoms with van der Waals surface area (Å²) in [5.74, 6) is 0. The standard InChI is InChI=1S/C2H7O5P/c3-8(4,5)6-1-2-7-8/h3-5H,1-2H2. The van der Waals surface area contributed by atoms with Crippen LogP contribution in [0, 0.1) is 0 Å². The van der Waals surface area contributed by atoms with E-state index in [0.29, 0.717) is 0 Å². The summed E-state index contributed by atoms with van der Waals surface area (Å²) in [5.41, 5.74) is 0. The molecule has 0 unspecified atom stereocenters. The summed E-state index contributed by atoms with van der Waals surface area (Å²) < 4.78 is 8.21. The van der Waals surface area contributed by atoms with Crippen molar-refractivity contribution in [2.45, 2.75) is 0 Å². The summed E-state index contributed by atoms with van der Waals surface area (Å²) in [6, 6.07) is 0. The van der Waals surface area contributed by atoms with Crippen LogP contribution in [0.2, 0.25) is 0 Å². The van der Waals surface area contributed by atoms with E-state index >= 15 is 0 Å². The van der Waals surface area contributed by atoms with E-state index in [9.17, 15) is 0 Å². The van der Waals surface area contributed by atoms with Crippen LogP contribution in [0.3, 0.4) is 0 Å². The average molecular weight is 142 g/mol. The van der Waals surface area contributed by atoms with Crippen molar-refractivity contribution < 1.29 is 23.7 Å². The molecule has 5 nitrogen and oxygen atoms in total. The van der Waals surface area contributed by atoms with E-state index in [-0.39, 0.29) is 13.2 Å². The van der Waals surface area contributed by atoms with Gasteiger partial charge in [0, 0.05) is 0 Å². The molecular formula is C2H7O5P. The molecule has 0 saturated carbocycles. The van der Waals surface area contributed by atoms with Gasteiger partial charge < -0.3 is 0 Å². The maximum atomic E-state index is 8.46. The Labute approximate surface area is 45.8 Å². The summed E-state index contributed by atoms with van der Waals surface area (Å²) in [7, 11) is -4.99. The molecule has 1 saturated heterocycles. The summed E-state index contributed by atoms with van der Waals surface area (Å²) in [4.78, 5) is 25.4. The Morgan fingerprint density at radius 1 is 1.00 bits per heavy atom. The van der Waals surface area contributed by atoms with Crippen molar-refractivity contribution in [2.24, 2.45) is 0 Å². The molecule has 0 radical (unpaired) electrons. The predicted molar refractivity (Wildman–Crippen MR) is 25.5 cm³/mol. The fourth-order valence-electron chi connectivity index (χ4n) is 0.431. The van der Waals surface area contributed by atoms with Crippen LogP contribution in [0.25, 0.3) is 0 Å². The molecule has 1 heterocycles. The summed E-state index contributed by atoms with van der Waals surface area (Å²) >= 11 is 0. The topological polar surface area (TPSA) is 79.2 Å². The fourth-order valence-corrected chi connectivity index (χ4v) is 1.29. The van der Waals surface area contributed by atoms with Crippen molar-refractivity contribution in [3.05, 3.63) is 0 Å². The molecule has 1 aliphatic heterocycles. The second kappa shape index (κ2) is 1.39. The van der Waals surface area contributed by atoms with Crippen molar-refractivity contribution >= 4 is 7.74 Å². The first kappa shape index (κ1) is 6.35. The second-order valence-corrected chi connectivity index (χ2v) is 3.68. The molecule has 50 valence electrons. The van der Waals surface area contributed by atoms with Crippen molar-refractivity contribution in [2.75, 3.05) is 13.2 Å². The molecular weight excluding hydrogens is 135 g/mol. The van der Waals surface area contributed by atoms with Gasteiger partial charge in [-0.25, -0.2) is 0 Å². The van der Waals surface area contributed by atoms with Gasteiger partial charge in [-0.05, 0) is 0 Å². The van der Waals surface area contributed by atoms with E-state index in [2.05, 4.69) is 9.05 Å². The molecule has 0 aromatic heterocycles. The average Bonchev–Trinajstić information content (AvgIpc) is 1.81. The monoisotopic (exact) mass is 142 g/mol. The molecule has 0 amide bonds. The minimum atomic E-state index is -4.99. The molecule has 1 fully saturated rings. The van der Waals surface area contributed by atoms with Gasteiger partial charge >= 0.3 is 44.7 Å². The van der Waals surface area contributed by atoms with Gasteiger partial charge in [-0.15, -0.1) is 0 Å². The molecule has 1 aliphatic rings. The first-order valence-corrected chi connectivity index (χ1v) is 3.97. The summed E-state index contributed by atoms with van der Waals surface area (Å²) in [6.45, 7) is 0.0582. The first-order valence-electron chi connectivity index (χ1n) is 2.04. The van der Waals surface area contributed by atoms with E-state index in [1.807, 2.05) is 0 Å². The Kier molecular flexibility index (Phi) is 1.10. The van der Waals surface area contributed by atoms with Gasteiger partial charge in [0.2, 0.25) is 0 Å². The van der Waals surface area contributed by atoms with Crippen LogP contribution in [0.1, 0.15) is 0 Å². The molecule has 0 bridgehead atoms. The molecule has 0 atom stereocenters. The molecule has 0 aromatic rings. The van der Waals surface area contributed by atoms with Crippen LogP contribution in [0.4, 0.5) is 0 Å². The van der Waals surface area contributed by atoms with E-state index in [1.54, 1.807) is 0 Å². The normalized spacial score (nSPS) is 38.1. The molecule has 3 N–H and O–H groups in total. The maximum absolute atomic E-state index is 8.46. The van der Waals surface area contributed by atoms with Gasteiger partial charge in [0.1, 0.15) is 0 Å². The van der Waals surface area contributed by atoms with E-state index in [1.165, 1.54) is 0 Å². The molecule has 6 heteroatoms.